The minimum atomic E-state index is 0. The van der Waals surface area contributed by atoms with Gasteiger partial charge in [0.1, 0.15) is 0 Å². The van der Waals surface area contributed by atoms with Crippen molar-refractivity contribution in [2.75, 3.05) is 0 Å². The van der Waals surface area contributed by atoms with Gasteiger partial charge in [-0.3, -0.25) is 0 Å². The molecule has 10 nitrogen and oxygen atoms in total. The molecule has 0 rings (SSSR count). The molecule has 10 heteroatoms. The highest BCUT2D eigenvalue weighted by molar-refractivity contribution is 2.13. The molecule has 80 valence electrons. The van der Waals surface area contributed by atoms with Gasteiger partial charge in [-0.2, -0.15) is 0 Å². The maximum absolute atomic E-state index is 0. The molecule has 0 atom stereocenters. The SMILES string of the molecule is N.O.O.O.O.O.O.O.O.O. The lowest BCUT2D eigenvalue weighted by atomic mass is 14.0. The predicted molar refractivity (Wildman–Crippen MR) is 37.5 cm³/mol. The van der Waals surface area contributed by atoms with Crippen LogP contribution in [0.3, 0.4) is 0 Å². The first-order valence-electron chi connectivity index (χ1n) is 0. The summed E-state index contributed by atoms with van der Waals surface area (Å²) >= 11 is 0. The van der Waals surface area contributed by atoms with Crippen molar-refractivity contribution in [2.24, 2.45) is 0 Å². The van der Waals surface area contributed by atoms with Crippen molar-refractivity contribution in [1.29, 1.82) is 0 Å². The summed E-state index contributed by atoms with van der Waals surface area (Å²) in [4.78, 5) is 0. The van der Waals surface area contributed by atoms with Crippen molar-refractivity contribution < 1.29 is 49.3 Å². The van der Waals surface area contributed by atoms with Gasteiger partial charge in [-0.1, -0.05) is 0 Å². The molecule has 0 aliphatic rings. The van der Waals surface area contributed by atoms with Crippen molar-refractivity contribution in [3.05, 3.63) is 0 Å². The number of hydrogen-bond acceptors (Lipinski definition) is 1. The zero-order chi connectivity index (χ0) is 0. The van der Waals surface area contributed by atoms with E-state index in [-0.39, 0.29) is 55.4 Å². The Morgan fingerprint density at radius 2 is 0.200 bits per heavy atom. The third kappa shape index (κ3) is 2070. The minimum Gasteiger partial charge on any atom is -0.412 e. The second-order valence-electron chi connectivity index (χ2n) is 0. The average molecular weight is 179 g/mol. The number of rotatable bonds is 0. The van der Waals surface area contributed by atoms with Crippen LogP contribution in [0.25, 0.3) is 0 Å². The molecule has 21 N–H and O–H groups in total. The van der Waals surface area contributed by atoms with E-state index in [2.05, 4.69) is 0 Å². The second kappa shape index (κ2) is 3100. The summed E-state index contributed by atoms with van der Waals surface area (Å²) in [6, 6.07) is 0. The Morgan fingerprint density at radius 1 is 0.200 bits per heavy atom. The van der Waals surface area contributed by atoms with Gasteiger partial charge in [0.05, 0.1) is 0 Å². The molecule has 0 amide bonds. The molecule has 0 aromatic rings. The summed E-state index contributed by atoms with van der Waals surface area (Å²) in [5.74, 6) is 0. The zero-order valence-electron chi connectivity index (χ0n) is 5.21. The van der Waals surface area contributed by atoms with E-state index in [1.807, 2.05) is 0 Å². The summed E-state index contributed by atoms with van der Waals surface area (Å²) in [5.41, 5.74) is 0. The molecule has 0 aromatic heterocycles. The van der Waals surface area contributed by atoms with Gasteiger partial charge in [-0.05, 0) is 0 Å². The highest BCUT2D eigenvalue weighted by Crippen LogP contribution is -0.281. The summed E-state index contributed by atoms with van der Waals surface area (Å²) in [5, 5.41) is 0. The van der Waals surface area contributed by atoms with Crippen LogP contribution in [0, 0.1) is 0 Å². The normalized spacial score (nSPS) is 0. The van der Waals surface area contributed by atoms with Gasteiger partial charge in [-0.25, -0.2) is 0 Å². The zero-order valence-corrected chi connectivity index (χ0v) is 5.21. The Bertz CT molecular complexity index is 4.69. The molecule has 0 aliphatic carbocycles. The highest BCUT2D eigenvalue weighted by Gasteiger charge is -0.344. The molecule has 0 aliphatic heterocycles. The van der Waals surface area contributed by atoms with Crippen LogP contribution in [0.4, 0.5) is 0 Å². The summed E-state index contributed by atoms with van der Waals surface area (Å²) in [7, 11) is 0. The van der Waals surface area contributed by atoms with Crippen LogP contribution in [0.1, 0.15) is 0 Å². The topological polar surface area (TPSA) is 318 Å². The van der Waals surface area contributed by atoms with E-state index in [1.54, 1.807) is 0 Å². The molecule has 0 radical (unpaired) electrons. The first-order valence-corrected chi connectivity index (χ1v) is 0. The molecule has 0 aromatic carbocycles. The van der Waals surface area contributed by atoms with Crippen molar-refractivity contribution in [1.82, 2.24) is 6.15 Å². The van der Waals surface area contributed by atoms with Gasteiger partial charge in [0.25, 0.3) is 0 Å². The van der Waals surface area contributed by atoms with Crippen LogP contribution in [0.2, 0.25) is 0 Å². The molecule has 0 bridgehead atoms. The van der Waals surface area contributed by atoms with Gasteiger partial charge >= 0.3 is 0 Å². The Labute approximate surface area is 56.8 Å². The van der Waals surface area contributed by atoms with Crippen LogP contribution >= 0.6 is 0 Å². The predicted octanol–water partition coefficient (Wildman–Crippen LogP) is -7.26. The standard InChI is InChI=1S/H3N.9H2O/h1H3;9*1H2. The summed E-state index contributed by atoms with van der Waals surface area (Å²) < 4.78 is 0. The van der Waals surface area contributed by atoms with Crippen molar-refractivity contribution in [2.45, 2.75) is 0 Å². The monoisotopic (exact) mass is 179 g/mol. The molecule has 10 heavy (non-hydrogen) atoms. The van der Waals surface area contributed by atoms with Gasteiger partial charge in [0, 0.05) is 0 Å². The van der Waals surface area contributed by atoms with Gasteiger partial charge < -0.3 is 55.4 Å². The molecular weight excluding hydrogens is 158 g/mol. The van der Waals surface area contributed by atoms with Crippen LogP contribution < -0.4 is 6.15 Å². The van der Waals surface area contributed by atoms with Crippen LogP contribution in [-0.2, 0) is 0 Å². The fraction of sp³-hybridized carbons (Fsp3) is 0. The lowest BCUT2D eigenvalue weighted by Gasteiger charge is -0.413. The maximum atomic E-state index is 0. The van der Waals surface area contributed by atoms with E-state index in [1.165, 1.54) is 0 Å². The van der Waals surface area contributed by atoms with Crippen molar-refractivity contribution >= 4 is 0 Å². The third-order valence-corrected chi connectivity index (χ3v) is 0. The van der Waals surface area contributed by atoms with Gasteiger partial charge in [0.2, 0.25) is 0 Å². The molecular formula is H21NO9. The molecule has 0 saturated heterocycles. The van der Waals surface area contributed by atoms with Crippen molar-refractivity contribution in [3.8, 4) is 0 Å². The number of hydrogen-bond donors (Lipinski definition) is 1. The van der Waals surface area contributed by atoms with Crippen molar-refractivity contribution in [3.63, 3.8) is 0 Å². The lowest BCUT2D eigenvalue weighted by Crippen LogP contribution is -0.481. The van der Waals surface area contributed by atoms with E-state index in [9.17, 15) is 0 Å². The third-order valence-electron chi connectivity index (χ3n) is 0. The summed E-state index contributed by atoms with van der Waals surface area (Å²) in [6.45, 7) is 0. The molecule has 0 unspecified atom stereocenters. The van der Waals surface area contributed by atoms with Crippen LogP contribution in [0.15, 0.2) is 0 Å². The Kier molecular flexibility index (Phi) is 1380000. The summed E-state index contributed by atoms with van der Waals surface area (Å²) in [6.07, 6.45) is 0. The Balaban J connectivity index is 0. The van der Waals surface area contributed by atoms with E-state index in [4.69, 9.17) is 0 Å². The van der Waals surface area contributed by atoms with E-state index >= 15 is 0 Å². The quantitative estimate of drug-likeness (QED) is 0.371. The Morgan fingerprint density at radius 3 is 0.200 bits per heavy atom. The largest absolute Gasteiger partial charge is 0.412 e. The van der Waals surface area contributed by atoms with Crippen LogP contribution in [-0.4, -0.2) is 49.3 Å². The molecule has 0 fully saturated rings. The van der Waals surface area contributed by atoms with Gasteiger partial charge in [0.15, 0.2) is 0 Å². The first-order chi connectivity index (χ1) is 0. The molecule has 0 spiro atoms. The average Bonchev–Trinajstić information content (AvgIpc) is 0. The fourth-order valence-electron chi connectivity index (χ4n) is 0. The molecule has 0 saturated carbocycles. The molecule has 0 heterocycles. The van der Waals surface area contributed by atoms with E-state index in [0.29, 0.717) is 0 Å². The van der Waals surface area contributed by atoms with E-state index in [0.717, 1.165) is 0 Å². The second-order valence-corrected chi connectivity index (χ2v) is 0. The van der Waals surface area contributed by atoms with Crippen LogP contribution in [0.5, 0.6) is 0 Å². The highest BCUT2D eigenvalue weighted by atomic mass is 16.0. The van der Waals surface area contributed by atoms with Gasteiger partial charge in [-0.15, -0.1) is 0 Å². The lowest BCUT2D eigenvalue weighted by molar-refractivity contribution is 0.823. The smallest absolute Gasteiger partial charge is 0.344 e. The fourth-order valence-corrected chi connectivity index (χ4v) is 0. The first kappa shape index (κ1) is 4440. The maximum Gasteiger partial charge on any atom is -0.344 e. The van der Waals surface area contributed by atoms with E-state index < -0.39 is 0 Å². The Hall–Kier alpha value is -0.400. The minimum absolute atomic E-state index is 0.